The molecule has 1 aliphatic carbocycles. The number of urea groups is 1. The summed E-state index contributed by atoms with van der Waals surface area (Å²) in [6.45, 7) is 0.0749. The van der Waals surface area contributed by atoms with E-state index in [0.29, 0.717) is 5.92 Å². The molecule has 112 valence electrons. The second-order valence-electron chi connectivity index (χ2n) is 5.70. The monoisotopic (exact) mass is 290 g/mol. The molecule has 1 aromatic rings. The lowest BCUT2D eigenvalue weighted by Crippen LogP contribution is -2.47. The highest BCUT2D eigenvalue weighted by molar-refractivity contribution is 5.83. The summed E-state index contributed by atoms with van der Waals surface area (Å²) in [6, 6.07) is 8.63. The van der Waals surface area contributed by atoms with Crippen molar-refractivity contribution < 1.29 is 19.8 Å². The number of aliphatic carboxylic acids is 1. The van der Waals surface area contributed by atoms with Crippen molar-refractivity contribution in [2.24, 2.45) is 0 Å². The summed E-state index contributed by atoms with van der Waals surface area (Å²) >= 11 is 0. The van der Waals surface area contributed by atoms with Gasteiger partial charge in [0.15, 0.2) is 0 Å². The minimum absolute atomic E-state index is 0.0482. The number of carbonyl (C=O) groups excluding carboxylic acids is 1. The van der Waals surface area contributed by atoms with Crippen LogP contribution in [0.2, 0.25) is 0 Å². The van der Waals surface area contributed by atoms with Gasteiger partial charge in [-0.2, -0.15) is 0 Å². The van der Waals surface area contributed by atoms with Crippen LogP contribution in [0.15, 0.2) is 30.3 Å². The molecule has 0 aromatic heterocycles. The van der Waals surface area contributed by atoms with Crippen molar-refractivity contribution >= 4 is 12.0 Å². The largest absolute Gasteiger partial charge is 0.480 e. The first-order chi connectivity index (χ1) is 10.1. The van der Waals surface area contributed by atoms with E-state index in [-0.39, 0.29) is 19.0 Å². The van der Waals surface area contributed by atoms with E-state index in [1.807, 2.05) is 30.3 Å². The molecule has 1 saturated heterocycles. The number of carboxylic acids is 1. The van der Waals surface area contributed by atoms with Gasteiger partial charge in [0, 0.05) is 24.9 Å². The quantitative estimate of drug-likeness (QED) is 0.767. The lowest BCUT2D eigenvalue weighted by atomic mass is 10.1. The highest BCUT2D eigenvalue weighted by Crippen LogP contribution is 2.40. The standard InChI is InChI=1S/C15H18N2O4/c18-10-6-13(14(19)20)17(8-10)15(21)16-12-7-11(12)9-4-2-1-3-5-9/h1-5,10-13,18H,6-8H2,(H,16,21)(H,19,20). The van der Waals surface area contributed by atoms with Crippen molar-refractivity contribution in [1.29, 1.82) is 0 Å². The van der Waals surface area contributed by atoms with Crippen LogP contribution in [0.4, 0.5) is 4.79 Å². The molecule has 6 nitrogen and oxygen atoms in total. The zero-order chi connectivity index (χ0) is 15.0. The van der Waals surface area contributed by atoms with Gasteiger partial charge in [-0.3, -0.25) is 0 Å². The zero-order valence-corrected chi connectivity index (χ0v) is 11.5. The second kappa shape index (κ2) is 5.37. The molecule has 1 saturated carbocycles. The highest BCUT2D eigenvalue weighted by atomic mass is 16.4. The first kappa shape index (κ1) is 13.9. The molecule has 3 rings (SSSR count). The SMILES string of the molecule is O=C(O)C1CC(O)CN1C(=O)NC1CC1c1ccccc1. The molecule has 0 radical (unpaired) electrons. The highest BCUT2D eigenvalue weighted by Gasteiger charge is 2.44. The number of nitrogens with one attached hydrogen (secondary N) is 1. The maximum atomic E-state index is 12.2. The summed E-state index contributed by atoms with van der Waals surface area (Å²) in [5, 5.41) is 21.5. The third-order valence-electron chi connectivity index (χ3n) is 4.15. The van der Waals surface area contributed by atoms with Crippen molar-refractivity contribution in [2.75, 3.05) is 6.54 Å². The van der Waals surface area contributed by atoms with Crippen LogP contribution in [-0.4, -0.2) is 51.8 Å². The number of amides is 2. The molecule has 1 heterocycles. The van der Waals surface area contributed by atoms with Crippen LogP contribution in [0.1, 0.15) is 24.3 Å². The van der Waals surface area contributed by atoms with E-state index in [1.165, 1.54) is 10.5 Å². The molecule has 1 aromatic carbocycles. The van der Waals surface area contributed by atoms with Gasteiger partial charge in [-0.25, -0.2) is 9.59 Å². The Morgan fingerprint density at radius 2 is 1.90 bits per heavy atom. The lowest BCUT2D eigenvalue weighted by Gasteiger charge is -2.21. The maximum Gasteiger partial charge on any atom is 0.326 e. The van der Waals surface area contributed by atoms with Crippen LogP contribution < -0.4 is 5.32 Å². The number of nitrogens with zero attached hydrogens (tertiary/aromatic N) is 1. The predicted molar refractivity (Wildman–Crippen MR) is 74.9 cm³/mol. The molecular formula is C15H18N2O4. The normalized spacial score (nSPS) is 31.0. The fourth-order valence-corrected chi connectivity index (χ4v) is 2.94. The van der Waals surface area contributed by atoms with Crippen molar-refractivity contribution in [3.8, 4) is 0 Å². The predicted octanol–water partition coefficient (Wildman–Crippen LogP) is 0.772. The number of hydrogen-bond acceptors (Lipinski definition) is 3. The number of aliphatic hydroxyl groups is 1. The molecule has 21 heavy (non-hydrogen) atoms. The van der Waals surface area contributed by atoms with Crippen LogP contribution >= 0.6 is 0 Å². The number of rotatable bonds is 3. The Bertz CT molecular complexity index is 548. The van der Waals surface area contributed by atoms with Gasteiger partial charge >= 0.3 is 12.0 Å². The van der Waals surface area contributed by atoms with Gasteiger partial charge in [0.05, 0.1) is 6.10 Å². The van der Waals surface area contributed by atoms with Gasteiger partial charge in [0.1, 0.15) is 6.04 Å². The van der Waals surface area contributed by atoms with E-state index in [2.05, 4.69) is 5.32 Å². The fraction of sp³-hybridized carbons (Fsp3) is 0.467. The third-order valence-corrected chi connectivity index (χ3v) is 4.15. The van der Waals surface area contributed by atoms with Gasteiger partial charge in [-0.15, -0.1) is 0 Å². The average molecular weight is 290 g/mol. The van der Waals surface area contributed by atoms with Gasteiger partial charge in [0.25, 0.3) is 0 Å². The summed E-state index contributed by atoms with van der Waals surface area (Å²) in [5.41, 5.74) is 1.18. The summed E-state index contributed by atoms with van der Waals surface area (Å²) < 4.78 is 0. The number of benzene rings is 1. The molecule has 1 aliphatic heterocycles. The molecule has 0 bridgehead atoms. The Hall–Kier alpha value is -2.08. The van der Waals surface area contributed by atoms with Crippen molar-refractivity contribution in [1.82, 2.24) is 10.2 Å². The molecule has 0 spiro atoms. The number of aliphatic hydroxyl groups excluding tert-OH is 1. The van der Waals surface area contributed by atoms with E-state index < -0.39 is 24.1 Å². The van der Waals surface area contributed by atoms with Gasteiger partial charge in [0.2, 0.25) is 0 Å². The van der Waals surface area contributed by atoms with Crippen molar-refractivity contribution in [3.63, 3.8) is 0 Å². The minimum Gasteiger partial charge on any atom is -0.480 e. The lowest BCUT2D eigenvalue weighted by molar-refractivity contribution is -0.141. The molecule has 2 fully saturated rings. The van der Waals surface area contributed by atoms with Crippen LogP contribution in [0.5, 0.6) is 0 Å². The van der Waals surface area contributed by atoms with Crippen molar-refractivity contribution in [3.05, 3.63) is 35.9 Å². The molecule has 4 atom stereocenters. The van der Waals surface area contributed by atoms with Gasteiger partial charge < -0.3 is 20.4 Å². The summed E-state index contributed by atoms with van der Waals surface area (Å²) in [7, 11) is 0. The maximum absolute atomic E-state index is 12.2. The van der Waals surface area contributed by atoms with Crippen LogP contribution in [0, 0.1) is 0 Å². The number of likely N-dealkylation sites (tertiary alicyclic amines) is 1. The summed E-state index contributed by atoms with van der Waals surface area (Å²) in [6.07, 6.45) is 0.195. The molecule has 3 N–H and O–H groups in total. The number of carboxylic acid groups (broad SMARTS) is 1. The fourth-order valence-electron chi connectivity index (χ4n) is 2.94. The molecule has 4 unspecified atom stereocenters. The Kier molecular flexibility index (Phi) is 3.55. The third kappa shape index (κ3) is 2.85. The Labute approximate surface area is 122 Å². The minimum atomic E-state index is -1.07. The summed E-state index contributed by atoms with van der Waals surface area (Å²) in [4.78, 5) is 24.5. The van der Waals surface area contributed by atoms with Crippen molar-refractivity contribution in [2.45, 2.75) is 36.9 Å². The molecule has 6 heteroatoms. The number of carbonyl (C=O) groups is 2. The number of β-amino-alcohol motifs (C(OH)–C–C–N with tert-alkyl or cyclic N) is 1. The van der Waals surface area contributed by atoms with E-state index in [1.54, 1.807) is 0 Å². The van der Waals surface area contributed by atoms with E-state index in [9.17, 15) is 14.7 Å². The molecule has 2 aliphatic rings. The summed E-state index contributed by atoms with van der Waals surface area (Å²) in [5.74, 6) is -0.775. The molecule has 2 amide bonds. The topological polar surface area (TPSA) is 89.9 Å². The second-order valence-corrected chi connectivity index (χ2v) is 5.70. The zero-order valence-electron chi connectivity index (χ0n) is 11.5. The molecular weight excluding hydrogens is 272 g/mol. The van der Waals surface area contributed by atoms with Crippen LogP contribution in [-0.2, 0) is 4.79 Å². The number of hydrogen-bond donors (Lipinski definition) is 3. The van der Waals surface area contributed by atoms with Crippen LogP contribution in [0.3, 0.4) is 0 Å². The van der Waals surface area contributed by atoms with Gasteiger partial charge in [-0.05, 0) is 12.0 Å². The average Bonchev–Trinajstić information content (AvgIpc) is 3.11. The Balaban J connectivity index is 1.59. The van der Waals surface area contributed by atoms with E-state index in [4.69, 9.17) is 5.11 Å². The Morgan fingerprint density at radius 3 is 2.57 bits per heavy atom. The van der Waals surface area contributed by atoms with Crippen LogP contribution in [0.25, 0.3) is 0 Å². The Morgan fingerprint density at radius 1 is 1.19 bits per heavy atom. The van der Waals surface area contributed by atoms with Gasteiger partial charge in [-0.1, -0.05) is 30.3 Å². The first-order valence-corrected chi connectivity index (χ1v) is 7.09. The first-order valence-electron chi connectivity index (χ1n) is 7.09. The van der Waals surface area contributed by atoms with E-state index >= 15 is 0 Å². The smallest absolute Gasteiger partial charge is 0.326 e. The van der Waals surface area contributed by atoms with E-state index in [0.717, 1.165) is 6.42 Å².